The number of nitrogens with one attached hydrogen (secondary N) is 1. The minimum atomic E-state index is -0.188. The predicted octanol–water partition coefficient (Wildman–Crippen LogP) is 1.87. The summed E-state index contributed by atoms with van der Waals surface area (Å²) in [5.74, 6) is 1.25. The molecule has 0 radical (unpaired) electrons. The number of rotatable bonds is 7. The average Bonchev–Trinajstić information content (AvgIpc) is 2.94. The first-order chi connectivity index (χ1) is 9.69. The summed E-state index contributed by atoms with van der Waals surface area (Å²) in [6.07, 6.45) is 4.21. The van der Waals surface area contributed by atoms with Gasteiger partial charge in [0, 0.05) is 19.1 Å². The Morgan fingerprint density at radius 2 is 2.25 bits per heavy atom. The van der Waals surface area contributed by atoms with Crippen LogP contribution in [-0.4, -0.2) is 42.5 Å². The van der Waals surface area contributed by atoms with Crippen LogP contribution in [0, 0.1) is 0 Å². The van der Waals surface area contributed by atoms with Crippen molar-refractivity contribution in [3.63, 3.8) is 0 Å². The van der Waals surface area contributed by atoms with E-state index in [1.807, 2.05) is 14.0 Å². The summed E-state index contributed by atoms with van der Waals surface area (Å²) < 4.78 is 16.7. The number of nitrogens with zero attached hydrogens (tertiary/aromatic N) is 2. The monoisotopic (exact) mass is 283 g/mol. The predicted molar refractivity (Wildman–Crippen MR) is 74.5 cm³/mol. The Labute approximate surface area is 120 Å². The fourth-order valence-electron chi connectivity index (χ4n) is 2.15. The van der Waals surface area contributed by atoms with Crippen molar-refractivity contribution in [3.05, 3.63) is 11.7 Å². The van der Waals surface area contributed by atoms with E-state index in [1.165, 1.54) is 6.42 Å². The average molecular weight is 283 g/mol. The Morgan fingerprint density at radius 1 is 1.40 bits per heavy atom. The lowest BCUT2D eigenvalue weighted by Gasteiger charge is -2.23. The van der Waals surface area contributed by atoms with Crippen molar-refractivity contribution in [2.24, 2.45) is 0 Å². The Kier molecular flexibility index (Phi) is 5.94. The topological polar surface area (TPSA) is 69.4 Å². The number of likely N-dealkylation sites (N-methyl/N-ethyl adjacent to an activating group) is 1. The Bertz CT molecular complexity index is 391. The molecule has 0 aliphatic carbocycles. The van der Waals surface area contributed by atoms with Crippen LogP contribution in [0.5, 0.6) is 0 Å². The maximum atomic E-state index is 5.78. The molecule has 6 nitrogen and oxygen atoms in total. The minimum Gasteiger partial charge on any atom is -0.376 e. The highest BCUT2D eigenvalue weighted by Crippen LogP contribution is 2.18. The summed E-state index contributed by atoms with van der Waals surface area (Å²) in [4.78, 5) is 4.38. The van der Waals surface area contributed by atoms with E-state index in [1.54, 1.807) is 0 Å². The van der Waals surface area contributed by atoms with E-state index in [0.29, 0.717) is 24.4 Å². The van der Waals surface area contributed by atoms with Gasteiger partial charge in [0.2, 0.25) is 0 Å². The van der Waals surface area contributed by atoms with Crippen molar-refractivity contribution in [2.45, 2.75) is 57.8 Å². The van der Waals surface area contributed by atoms with Gasteiger partial charge in [-0.15, -0.1) is 0 Å². The van der Waals surface area contributed by atoms with E-state index in [2.05, 4.69) is 22.4 Å². The van der Waals surface area contributed by atoms with Gasteiger partial charge < -0.3 is 19.3 Å². The Hall–Kier alpha value is -0.980. The van der Waals surface area contributed by atoms with Crippen molar-refractivity contribution >= 4 is 0 Å². The highest BCUT2D eigenvalue weighted by atomic mass is 16.6. The Balaban J connectivity index is 1.78. The smallest absolute Gasteiger partial charge is 0.255 e. The SMILES string of the molecule is CNC(C)Cc1noc(C(C)OCC2CCCCO2)n1. The zero-order chi connectivity index (χ0) is 14.4. The first-order valence-electron chi connectivity index (χ1n) is 7.42. The van der Waals surface area contributed by atoms with Gasteiger partial charge in [0.15, 0.2) is 5.82 Å². The lowest BCUT2D eigenvalue weighted by atomic mass is 10.1. The first-order valence-corrected chi connectivity index (χ1v) is 7.42. The molecule has 2 heterocycles. The summed E-state index contributed by atoms with van der Waals surface area (Å²) in [5, 5.41) is 7.13. The molecule has 1 saturated heterocycles. The van der Waals surface area contributed by atoms with E-state index < -0.39 is 0 Å². The second kappa shape index (κ2) is 7.71. The first kappa shape index (κ1) is 15.4. The molecule has 2 rings (SSSR count). The highest BCUT2D eigenvalue weighted by Gasteiger charge is 2.19. The quantitative estimate of drug-likeness (QED) is 0.824. The number of ether oxygens (including phenoxy) is 2. The molecular weight excluding hydrogens is 258 g/mol. The van der Waals surface area contributed by atoms with Crippen LogP contribution in [0.3, 0.4) is 0 Å². The van der Waals surface area contributed by atoms with Crippen LogP contribution in [0.25, 0.3) is 0 Å². The second-order valence-corrected chi connectivity index (χ2v) is 5.41. The van der Waals surface area contributed by atoms with Crippen molar-refractivity contribution in [2.75, 3.05) is 20.3 Å². The molecule has 3 atom stereocenters. The van der Waals surface area contributed by atoms with Crippen molar-refractivity contribution in [1.82, 2.24) is 15.5 Å². The molecule has 1 aromatic rings. The molecule has 1 aromatic heterocycles. The van der Waals surface area contributed by atoms with Crippen molar-refractivity contribution in [1.29, 1.82) is 0 Å². The molecule has 20 heavy (non-hydrogen) atoms. The molecule has 1 fully saturated rings. The van der Waals surface area contributed by atoms with E-state index in [9.17, 15) is 0 Å². The molecule has 114 valence electrons. The molecule has 1 N–H and O–H groups in total. The van der Waals surface area contributed by atoms with Crippen molar-refractivity contribution < 1.29 is 14.0 Å². The zero-order valence-corrected chi connectivity index (χ0v) is 12.6. The maximum Gasteiger partial charge on any atom is 0.255 e. The fourth-order valence-corrected chi connectivity index (χ4v) is 2.15. The molecule has 0 amide bonds. The van der Waals surface area contributed by atoms with E-state index in [-0.39, 0.29) is 12.2 Å². The number of hydrogen-bond donors (Lipinski definition) is 1. The molecule has 0 spiro atoms. The summed E-state index contributed by atoms with van der Waals surface area (Å²) >= 11 is 0. The molecule has 1 aliphatic heterocycles. The van der Waals surface area contributed by atoms with Crippen LogP contribution in [-0.2, 0) is 15.9 Å². The molecule has 3 unspecified atom stereocenters. The highest BCUT2D eigenvalue weighted by molar-refractivity contribution is 4.91. The lowest BCUT2D eigenvalue weighted by Crippen LogP contribution is -2.25. The van der Waals surface area contributed by atoms with Gasteiger partial charge >= 0.3 is 0 Å². The van der Waals surface area contributed by atoms with E-state index in [4.69, 9.17) is 14.0 Å². The third kappa shape index (κ3) is 4.54. The van der Waals surface area contributed by atoms with Gasteiger partial charge in [-0.25, -0.2) is 0 Å². The number of hydrogen-bond acceptors (Lipinski definition) is 6. The van der Waals surface area contributed by atoms with Crippen LogP contribution in [0.4, 0.5) is 0 Å². The van der Waals surface area contributed by atoms with Crippen LogP contribution in [0.1, 0.15) is 50.9 Å². The van der Waals surface area contributed by atoms with Gasteiger partial charge in [-0.3, -0.25) is 0 Å². The minimum absolute atomic E-state index is 0.188. The third-order valence-corrected chi connectivity index (χ3v) is 3.62. The summed E-state index contributed by atoms with van der Waals surface area (Å²) in [6.45, 7) is 5.44. The lowest BCUT2D eigenvalue weighted by molar-refractivity contribution is -0.0656. The third-order valence-electron chi connectivity index (χ3n) is 3.62. The summed E-state index contributed by atoms with van der Waals surface area (Å²) in [6, 6.07) is 0.326. The normalized spacial score (nSPS) is 22.6. The van der Waals surface area contributed by atoms with Crippen LogP contribution in [0.2, 0.25) is 0 Å². The van der Waals surface area contributed by atoms with Gasteiger partial charge in [-0.05, 0) is 40.2 Å². The van der Waals surface area contributed by atoms with Gasteiger partial charge in [0.1, 0.15) is 6.10 Å². The van der Waals surface area contributed by atoms with E-state index in [0.717, 1.165) is 25.9 Å². The Morgan fingerprint density at radius 3 is 2.95 bits per heavy atom. The standard InChI is InChI=1S/C14H25N3O3/c1-10(15-3)8-13-16-14(20-17-13)11(2)19-9-12-6-4-5-7-18-12/h10-12,15H,4-9H2,1-3H3. The zero-order valence-electron chi connectivity index (χ0n) is 12.6. The number of aromatic nitrogens is 2. The molecule has 6 heteroatoms. The van der Waals surface area contributed by atoms with Gasteiger partial charge in [-0.1, -0.05) is 5.16 Å². The van der Waals surface area contributed by atoms with Crippen LogP contribution < -0.4 is 5.32 Å². The van der Waals surface area contributed by atoms with Crippen molar-refractivity contribution in [3.8, 4) is 0 Å². The largest absolute Gasteiger partial charge is 0.376 e. The fraction of sp³-hybridized carbons (Fsp3) is 0.857. The van der Waals surface area contributed by atoms with Gasteiger partial charge in [0.25, 0.3) is 5.89 Å². The molecule has 0 aromatic carbocycles. The second-order valence-electron chi connectivity index (χ2n) is 5.41. The van der Waals surface area contributed by atoms with E-state index >= 15 is 0 Å². The molecule has 0 bridgehead atoms. The summed E-state index contributed by atoms with van der Waals surface area (Å²) in [5.41, 5.74) is 0. The van der Waals surface area contributed by atoms with Crippen LogP contribution >= 0.6 is 0 Å². The summed E-state index contributed by atoms with van der Waals surface area (Å²) in [7, 11) is 1.92. The molecular formula is C14H25N3O3. The van der Waals surface area contributed by atoms with Gasteiger partial charge in [-0.2, -0.15) is 4.98 Å². The van der Waals surface area contributed by atoms with Crippen LogP contribution in [0.15, 0.2) is 4.52 Å². The molecule has 1 aliphatic rings. The van der Waals surface area contributed by atoms with Gasteiger partial charge in [0.05, 0.1) is 12.7 Å². The molecule has 0 saturated carbocycles. The maximum absolute atomic E-state index is 5.78.